The monoisotopic (exact) mass is 357 g/mol. The molecule has 0 amide bonds. The summed E-state index contributed by atoms with van der Waals surface area (Å²) in [5.41, 5.74) is 1.07. The smallest absolute Gasteiger partial charge is 0.363 e. The number of cyclic esters (lactones) is 1. The molecule has 0 N–H and O–H groups in total. The summed E-state index contributed by atoms with van der Waals surface area (Å²) in [5, 5.41) is 0. The lowest BCUT2D eigenvalue weighted by Gasteiger charge is -2.12. The van der Waals surface area contributed by atoms with Crippen LogP contribution in [0.15, 0.2) is 47.1 Å². The van der Waals surface area contributed by atoms with Crippen molar-refractivity contribution in [1.82, 2.24) is 0 Å². The summed E-state index contributed by atoms with van der Waals surface area (Å²) >= 11 is 0. The van der Waals surface area contributed by atoms with E-state index >= 15 is 0 Å². The summed E-state index contributed by atoms with van der Waals surface area (Å²) < 4.78 is 34.3. The topological polar surface area (TPSA) is 66.4 Å². The van der Waals surface area contributed by atoms with Crippen molar-refractivity contribution in [2.45, 2.75) is 0 Å². The highest BCUT2D eigenvalue weighted by Gasteiger charge is 2.25. The third kappa shape index (κ3) is 3.37. The van der Waals surface area contributed by atoms with Gasteiger partial charge in [-0.2, -0.15) is 0 Å². The molecule has 0 unspecified atom stereocenters. The minimum atomic E-state index is -0.627. The van der Waals surface area contributed by atoms with Gasteiger partial charge in [-0.05, 0) is 42.0 Å². The fraction of sp³-hybridized carbons (Fsp3) is 0.158. The van der Waals surface area contributed by atoms with Gasteiger partial charge in [0.05, 0.1) is 21.3 Å². The van der Waals surface area contributed by atoms with E-state index in [1.807, 2.05) is 0 Å². The van der Waals surface area contributed by atoms with Crippen molar-refractivity contribution in [1.29, 1.82) is 0 Å². The van der Waals surface area contributed by atoms with E-state index in [1.165, 1.54) is 45.6 Å². The summed E-state index contributed by atoms with van der Waals surface area (Å²) in [7, 11) is 4.50. The van der Waals surface area contributed by atoms with Crippen molar-refractivity contribution >= 4 is 17.9 Å². The quantitative estimate of drug-likeness (QED) is 0.607. The van der Waals surface area contributed by atoms with Gasteiger partial charge in [0.15, 0.2) is 17.2 Å². The van der Waals surface area contributed by atoms with Crippen LogP contribution in [0.5, 0.6) is 17.2 Å². The van der Waals surface area contributed by atoms with E-state index < -0.39 is 11.8 Å². The molecule has 1 heterocycles. The molecule has 0 saturated carbocycles. The average Bonchev–Trinajstić information content (AvgIpc) is 3.01. The van der Waals surface area contributed by atoms with Crippen LogP contribution < -0.4 is 14.2 Å². The molecule has 0 fully saturated rings. The van der Waals surface area contributed by atoms with E-state index in [2.05, 4.69) is 4.99 Å². The van der Waals surface area contributed by atoms with Crippen LogP contribution in [0.25, 0.3) is 6.08 Å². The molecular formula is C19H16FNO5. The van der Waals surface area contributed by atoms with Gasteiger partial charge in [0.25, 0.3) is 0 Å². The van der Waals surface area contributed by atoms with Crippen LogP contribution in [0.4, 0.5) is 4.39 Å². The largest absolute Gasteiger partial charge is 0.493 e. The van der Waals surface area contributed by atoms with Crippen LogP contribution in [0, 0.1) is 5.82 Å². The first-order valence-electron chi connectivity index (χ1n) is 7.64. The lowest BCUT2D eigenvalue weighted by molar-refractivity contribution is -0.129. The van der Waals surface area contributed by atoms with Crippen molar-refractivity contribution in [3.63, 3.8) is 0 Å². The van der Waals surface area contributed by atoms with Crippen LogP contribution in [0.2, 0.25) is 0 Å². The number of halogens is 1. The fourth-order valence-electron chi connectivity index (χ4n) is 2.50. The molecule has 6 nitrogen and oxygen atoms in total. The SMILES string of the molecule is COc1cc(C=C2N=C(c3cccc(F)c3)OC2=O)cc(OC)c1OC. The minimum absolute atomic E-state index is 0.0493. The van der Waals surface area contributed by atoms with Gasteiger partial charge in [0, 0.05) is 5.56 Å². The molecule has 26 heavy (non-hydrogen) atoms. The van der Waals surface area contributed by atoms with E-state index in [4.69, 9.17) is 18.9 Å². The highest BCUT2D eigenvalue weighted by atomic mass is 19.1. The lowest BCUT2D eigenvalue weighted by Crippen LogP contribution is -2.05. The zero-order chi connectivity index (χ0) is 18.7. The van der Waals surface area contributed by atoms with Gasteiger partial charge >= 0.3 is 5.97 Å². The summed E-state index contributed by atoms with van der Waals surface area (Å²) in [4.78, 5) is 16.2. The molecule has 3 rings (SSSR count). The Labute approximate surface area is 149 Å². The van der Waals surface area contributed by atoms with Crippen molar-refractivity contribution in [2.24, 2.45) is 4.99 Å². The Morgan fingerprint density at radius 3 is 2.31 bits per heavy atom. The molecule has 0 radical (unpaired) electrons. The predicted molar refractivity (Wildman–Crippen MR) is 93.1 cm³/mol. The predicted octanol–water partition coefficient (Wildman–Crippen LogP) is 3.20. The maximum Gasteiger partial charge on any atom is 0.363 e. The molecule has 2 aromatic rings. The molecule has 0 aromatic heterocycles. The number of methoxy groups -OCH3 is 3. The summed E-state index contributed by atoms with van der Waals surface area (Å²) in [5.74, 6) is 0.309. The van der Waals surface area contributed by atoms with Crippen LogP contribution in [-0.2, 0) is 9.53 Å². The van der Waals surface area contributed by atoms with Crippen LogP contribution in [0.1, 0.15) is 11.1 Å². The Kier molecular flexibility index (Phi) is 4.88. The second-order valence-corrected chi connectivity index (χ2v) is 5.31. The van der Waals surface area contributed by atoms with Crippen molar-refractivity contribution in [3.05, 3.63) is 59.0 Å². The van der Waals surface area contributed by atoms with E-state index in [0.29, 0.717) is 28.4 Å². The highest BCUT2D eigenvalue weighted by Crippen LogP contribution is 2.39. The van der Waals surface area contributed by atoms with Gasteiger partial charge in [0.2, 0.25) is 11.6 Å². The van der Waals surface area contributed by atoms with Crippen molar-refractivity contribution in [2.75, 3.05) is 21.3 Å². The zero-order valence-corrected chi connectivity index (χ0v) is 14.4. The maximum atomic E-state index is 13.4. The van der Waals surface area contributed by atoms with Gasteiger partial charge in [-0.1, -0.05) is 6.07 Å². The number of nitrogens with zero attached hydrogens (tertiary/aromatic N) is 1. The first kappa shape index (κ1) is 17.5. The third-order valence-corrected chi connectivity index (χ3v) is 3.68. The van der Waals surface area contributed by atoms with Crippen LogP contribution in [0.3, 0.4) is 0 Å². The number of hydrogen-bond acceptors (Lipinski definition) is 6. The normalized spacial score (nSPS) is 14.8. The van der Waals surface area contributed by atoms with Crippen molar-refractivity contribution in [3.8, 4) is 17.2 Å². The number of aliphatic imine (C=N–C) groups is 1. The molecule has 0 spiro atoms. The van der Waals surface area contributed by atoms with E-state index in [1.54, 1.807) is 18.2 Å². The first-order chi connectivity index (χ1) is 12.5. The van der Waals surface area contributed by atoms with Gasteiger partial charge in [0.1, 0.15) is 5.82 Å². The van der Waals surface area contributed by atoms with Gasteiger partial charge in [-0.15, -0.1) is 0 Å². The standard InChI is InChI=1S/C19H16FNO5/c1-23-15-8-11(9-16(24-2)17(15)25-3)7-14-19(22)26-18(21-14)12-5-4-6-13(20)10-12/h4-10H,1-3H3. The van der Waals surface area contributed by atoms with Crippen LogP contribution >= 0.6 is 0 Å². The molecule has 0 atom stereocenters. The Morgan fingerprint density at radius 2 is 1.73 bits per heavy atom. The Morgan fingerprint density at radius 1 is 1.04 bits per heavy atom. The van der Waals surface area contributed by atoms with Crippen molar-refractivity contribution < 1.29 is 28.1 Å². The van der Waals surface area contributed by atoms with E-state index in [-0.39, 0.29) is 11.6 Å². The van der Waals surface area contributed by atoms with Gasteiger partial charge < -0.3 is 18.9 Å². The molecule has 1 aliphatic rings. The minimum Gasteiger partial charge on any atom is -0.493 e. The average molecular weight is 357 g/mol. The molecule has 0 saturated heterocycles. The number of carbonyl (C=O) groups is 1. The summed E-state index contributed by atoms with van der Waals surface area (Å²) in [6.45, 7) is 0. The number of carbonyl (C=O) groups excluding carboxylic acids is 1. The van der Waals surface area contributed by atoms with Gasteiger partial charge in [-0.25, -0.2) is 14.2 Å². The number of hydrogen-bond donors (Lipinski definition) is 0. The molecule has 134 valence electrons. The molecule has 2 aromatic carbocycles. The third-order valence-electron chi connectivity index (χ3n) is 3.68. The highest BCUT2D eigenvalue weighted by molar-refractivity contribution is 6.12. The molecule has 1 aliphatic heterocycles. The molecule has 0 bridgehead atoms. The molecule has 7 heteroatoms. The maximum absolute atomic E-state index is 13.4. The second-order valence-electron chi connectivity index (χ2n) is 5.31. The number of benzene rings is 2. The fourth-order valence-corrected chi connectivity index (χ4v) is 2.50. The summed E-state index contributed by atoms with van der Waals surface area (Å²) in [6, 6.07) is 9.02. The zero-order valence-electron chi connectivity index (χ0n) is 14.4. The van der Waals surface area contributed by atoms with Gasteiger partial charge in [-0.3, -0.25) is 0 Å². The Bertz CT molecular complexity index is 895. The molecule has 0 aliphatic carbocycles. The number of rotatable bonds is 5. The lowest BCUT2D eigenvalue weighted by atomic mass is 10.1. The summed E-state index contributed by atoms with van der Waals surface area (Å²) in [6.07, 6.45) is 1.53. The Hall–Kier alpha value is -3.35. The first-order valence-corrected chi connectivity index (χ1v) is 7.64. The second kappa shape index (κ2) is 7.26. The molecular weight excluding hydrogens is 341 g/mol. The number of ether oxygens (including phenoxy) is 4. The number of esters is 1. The Balaban J connectivity index is 2.00. The van der Waals surface area contributed by atoms with E-state index in [9.17, 15) is 9.18 Å². The van der Waals surface area contributed by atoms with Crippen LogP contribution in [-0.4, -0.2) is 33.2 Å². The van der Waals surface area contributed by atoms with E-state index in [0.717, 1.165) is 0 Å².